The molecule has 2 aromatic rings. The Balaban J connectivity index is 2.07. The van der Waals surface area contributed by atoms with Gasteiger partial charge in [-0.1, -0.05) is 32.1 Å². The van der Waals surface area contributed by atoms with E-state index < -0.39 is 0 Å². The second-order valence-electron chi connectivity index (χ2n) is 6.07. The van der Waals surface area contributed by atoms with Crippen LogP contribution >= 0.6 is 0 Å². The molecule has 1 aromatic carbocycles. The number of ether oxygens (including phenoxy) is 3. The van der Waals surface area contributed by atoms with E-state index in [0.717, 1.165) is 35.6 Å². The van der Waals surface area contributed by atoms with Gasteiger partial charge in [0.25, 0.3) is 0 Å². The van der Waals surface area contributed by atoms with Gasteiger partial charge in [-0.3, -0.25) is 4.98 Å². The Morgan fingerprint density at radius 2 is 2.04 bits per heavy atom. The molecule has 5 heteroatoms. The van der Waals surface area contributed by atoms with E-state index in [2.05, 4.69) is 18.5 Å². The van der Waals surface area contributed by atoms with Crippen molar-refractivity contribution < 1.29 is 14.2 Å². The zero-order valence-electron chi connectivity index (χ0n) is 15.8. The Morgan fingerprint density at radius 3 is 2.69 bits per heavy atom. The van der Waals surface area contributed by atoms with Crippen LogP contribution in [0.5, 0.6) is 11.5 Å². The summed E-state index contributed by atoms with van der Waals surface area (Å²) in [5.74, 6) is 2.18. The largest absolute Gasteiger partial charge is 0.495 e. The molecule has 26 heavy (non-hydrogen) atoms. The molecule has 2 rings (SSSR count). The fraction of sp³-hybridized carbons (Fsp3) is 0.381. The predicted octanol–water partition coefficient (Wildman–Crippen LogP) is 4.03. The average Bonchev–Trinajstić information content (AvgIpc) is 2.61. The highest BCUT2D eigenvalue weighted by Gasteiger charge is 2.15. The highest BCUT2D eigenvalue weighted by molar-refractivity contribution is 6.30. The van der Waals surface area contributed by atoms with Crippen molar-refractivity contribution in [2.75, 3.05) is 13.2 Å². The first kappa shape index (κ1) is 19.9. The van der Waals surface area contributed by atoms with Crippen LogP contribution in [0.15, 0.2) is 48.7 Å². The molecule has 0 fully saturated rings. The van der Waals surface area contributed by atoms with E-state index in [9.17, 15) is 0 Å². The summed E-state index contributed by atoms with van der Waals surface area (Å²) in [5.41, 5.74) is 2.34. The predicted molar refractivity (Wildman–Crippen MR) is 105 cm³/mol. The van der Waals surface area contributed by atoms with E-state index in [4.69, 9.17) is 22.1 Å². The summed E-state index contributed by atoms with van der Waals surface area (Å²) in [5, 5.41) is 0. The summed E-state index contributed by atoms with van der Waals surface area (Å²) in [6, 6.07) is 11.4. The number of aryl methyl sites for hydroxylation is 1. The van der Waals surface area contributed by atoms with Gasteiger partial charge < -0.3 is 14.2 Å². The molecule has 0 bridgehead atoms. The van der Waals surface area contributed by atoms with Gasteiger partial charge in [-0.15, -0.1) is 0 Å². The monoisotopic (exact) mass is 351 g/mol. The zero-order chi connectivity index (χ0) is 18.9. The standard InChI is InChI=1S/C21H26BNO3/c1-5-8-20(18-9-7-10-21(22)23-18)26-17-11-12-19(15(3)13-17)25-14-16(4)24-6-2/h7,9-13,20H,4-6,8,14H2,1-3H3. The smallest absolute Gasteiger partial charge is 0.145 e. The van der Waals surface area contributed by atoms with E-state index >= 15 is 0 Å². The maximum atomic E-state index is 6.18. The first-order chi connectivity index (χ1) is 12.5. The first-order valence-corrected chi connectivity index (χ1v) is 8.96. The summed E-state index contributed by atoms with van der Waals surface area (Å²) < 4.78 is 17.2. The van der Waals surface area contributed by atoms with E-state index in [0.29, 0.717) is 24.6 Å². The van der Waals surface area contributed by atoms with Crippen molar-refractivity contribution in [3.8, 4) is 11.5 Å². The zero-order valence-corrected chi connectivity index (χ0v) is 15.8. The fourth-order valence-electron chi connectivity index (χ4n) is 2.60. The number of aromatic nitrogens is 1. The maximum Gasteiger partial charge on any atom is 0.145 e. The lowest BCUT2D eigenvalue weighted by Crippen LogP contribution is -2.16. The Hall–Kier alpha value is -2.43. The van der Waals surface area contributed by atoms with Crippen molar-refractivity contribution >= 4 is 13.4 Å². The molecule has 0 amide bonds. The van der Waals surface area contributed by atoms with Crippen LogP contribution in [0.4, 0.5) is 0 Å². The quantitative estimate of drug-likeness (QED) is 0.479. The van der Waals surface area contributed by atoms with Gasteiger partial charge in [-0.05, 0) is 55.7 Å². The lowest BCUT2D eigenvalue weighted by Gasteiger charge is -2.20. The minimum atomic E-state index is -0.132. The molecule has 0 aliphatic carbocycles. The topological polar surface area (TPSA) is 40.6 Å². The van der Waals surface area contributed by atoms with E-state index in [1.165, 1.54) is 0 Å². The van der Waals surface area contributed by atoms with Gasteiger partial charge >= 0.3 is 0 Å². The third-order valence-electron chi connectivity index (χ3n) is 3.83. The van der Waals surface area contributed by atoms with Crippen LogP contribution in [-0.2, 0) is 4.74 Å². The van der Waals surface area contributed by atoms with Crippen LogP contribution in [0, 0.1) is 6.92 Å². The SMILES string of the molecule is [B]c1cccc(C(CCC)Oc2ccc(OCC(=C)OCC)c(C)c2)n1. The summed E-state index contributed by atoms with van der Waals surface area (Å²) in [7, 11) is 5.81. The fourth-order valence-corrected chi connectivity index (χ4v) is 2.60. The van der Waals surface area contributed by atoms with Gasteiger partial charge in [0, 0.05) is 0 Å². The molecule has 2 radical (unpaired) electrons. The molecule has 1 heterocycles. The van der Waals surface area contributed by atoms with E-state index in [1.54, 1.807) is 6.07 Å². The minimum Gasteiger partial charge on any atom is -0.495 e. The van der Waals surface area contributed by atoms with Gasteiger partial charge in [0.15, 0.2) is 0 Å². The minimum absolute atomic E-state index is 0.132. The number of nitrogens with zero attached hydrogens (tertiary/aromatic N) is 1. The van der Waals surface area contributed by atoms with Crippen LogP contribution in [0.1, 0.15) is 44.1 Å². The Kier molecular flexibility index (Phi) is 7.58. The molecule has 0 N–H and O–H groups in total. The van der Waals surface area contributed by atoms with E-state index in [-0.39, 0.29) is 6.10 Å². The van der Waals surface area contributed by atoms with Crippen LogP contribution in [0.25, 0.3) is 0 Å². The van der Waals surface area contributed by atoms with Crippen LogP contribution < -0.4 is 15.1 Å². The molecule has 136 valence electrons. The first-order valence-electron chi connectivity index (χ1n) is 8.96. The number of hydrogen-bond donors (Lipinski definition) is 0. The van der Waals surface area contributed by atoms with Crippen molar-refractivity contribution in [1.82, 2.24) is 4.98 Å². The molecule has 0 aliphatic heterocycles. The highest BCUT2D eigenvalue weighted by atomic mass is 16.5. The van der Waals surface area contributed by atoms with Gasteiger partial charge in [-0.25, -0.2) is 0 Å². The number of pyridine rings is 1. The third-order valence-corrected chi connectivity index (χ3v) is 3.83. The maximum absolute atomic E-state index is 6.18. The summed E-state index contributed by atoms with van der Waals surface area (Å²) in [6.07, 6.45) is 1.72. The normalized spacial score (nSPS) is 11.7. The lowest BCUT2D eigenvalue weighted by atomic mass is 10.0. The highest BCUT2D eigenvalue weighted by Crippen LogP contribution is 2.29. The van der Waals surface area contributed by atoms with Crippen molar-refractivity contribution in [3.63, 3.8) is 0 Å². The average molecular weight is 351 g/mol. The summed E-state index contributed by atoms with van der Waals surface area (Å²) in [6.45, 7) is 10.8. The second-order valence-corrected chi connectivity index (χ2v) is 6.07. The molecule has 0 spiro atoms. The van der Waals surface area contributed by atoms with Gasteiger partial charge in [-0.2, -0.15) is 0 Å². The molecule has 1 atom stereocenters. The van der Waals surface area contributed by atoms with E-state index in [1.807, 2.05) is 44.2 Å². The summed E-state index contributed by atoms with van der Waals surface area (Å²) >= 11 is 0. The van der Waals surface area contributed by atoms with Crippen molar-refractivity contribution in [1.29, 1.82) is 0 Å². The van der Waals surface area contributed by atoms with Crippen molar-refractivity contribution in [2.45, 2.75) is 39.7 Å². The van der Waals surface area contributed by atoms with Crippen LogP contribution in [-0.4, -0.2) is 26.0 Å². The molecule has 1 unspecified atom stereocenters. The Labute approximate surface area is 157 Å². The summed E-state index contributed by atoms with van der Waals surface area (Å²) in [4.78, 5) is 4.40. The van der Waals surface area contributed by atoms with Crippen LogP contribution in [0.3, 0.4) is 0 Å². The van der Waals surface area contributed by atoms with Gasteiger partial charge in [0.1, 0.15) is 37.8 Å². The Bertz CT molecular complexity index is 733. The molecular formula is C21H26BNO3. The van der Waals surface area contributed by atoms with Crippen molar-refractivity contribution in [2.24, 2.45) is 0 Å². The number of hydrogen-bond acceptors (Lipinski definition) is 4. The molecular weight excluding hydrogens is 325 g/mol. The molecule has 4 nitrogen and oxygen atoms in total. The Morgan fingerprint density at radius 1 is 1.23 bits per heavy atom. The van der Waals surface area contributed by atoms with Gasteiger partial charge in [0.05, 0.1) is 12.3 Å². The second kappa shape index (κ2) is 9.90. The van der Waals surface area contributed by atoms with Crippen LogP contribution in [0.2, 0.25) is 0 Å². The molecule has 0 saturated heterocycles. The molecule has 0 saturated carbocycles. The van der Waals surface area contributed by atoms with Crippen molar-refractivity contribution in [3.05, 3.63) is 60.0 Å². The molecule has 1 aromatic heterocycles. The van der Waals surface area contributed by atoms with Gasteiger partial charge in [0.2, 0.25) is 0 Å². The number of rotatable bonds is 10. The number of benzene rings is 1. The third kappa shape index (κ3) is 5.83. The molecule has 0 aliphatic rings. The lowest BCUT2D eigenvalue weighted by molar-refractivity contribution is 0.180.